The highest BCUT2D eigenvalue weighted by molar-refractivity contribution is 14.0. The monoisotopic (exact) mass is 514 g/mol. The fourth-order valence-corrected chi connectivity index (χ4v) is 5.98. The molecule has 1 spiro atoms. The SMILES string of the molecule is CCN=C(NC1CCc2nnc(C(C)C)n2C1)NC1C2CCOC2C12CCC2.I. The summed E-state index contributed by atoms with van der Waals surface area (Å²) in [6.07, 6.45) is 7.68. The minimum atomic E-state index is 0. The lowest BCUT2D eigenvalue weighted by molar-refractivity contribution is -0.171. The van der Waals surface area contributed by atoms with Gasteiger partial charge in [-0.15, -0.1) is 34.2 Å². The number of hydrogen-bond acceptors (Lipinski definition) is 4. The van der Waals surface area contributed by atoms with E-state index in [1.807, 2.05) is 0 Å². The minimum absolute atomic E-state index is 0. The Kier molecular flexibility index (Phi) is 6.12. The first kappa shape index (κ1) is 21.3. The molecule has 2 saturated carbocycles. The highest BCUT2D eigenvalue weighted by Gasteiger charge is 2.66. The molecule has 162 valence electrons. The zero-order chi connectivity index (χ0) is 19.3. The number of guanidine groups is 1. The summed E-state index contributed by atoms with van der Waals surface area (Å²) < 4.78 is 8.39. The Morgan fingerprint density at radius 2 is 2.10 bits per heavy atom. The number of aromatic nitrogens is 3. The van der Waals surface area contributed by atoms with Gasteiger partial charge in [0, 0.05) is 55.5 Å². The van der Waals surface area contributed by atoms with Gasteiger partial charge in [-0.05, 0) is 32.6 Å². The van der Waals surface area contributed by atoms with E-state index < -0.39 is 0 Å². The van der Waals surface area contributed by atoms with Crippen LogP contribution in [-0.2, 0) is 17.7 Å². The summed E-state index contributed by atoms with van der Waals surface area (Å²) in [6.45, 7) is 9.14. The summed E-state index contributed by atoms with van der Waals surface area (Å²) in [6, 6.07) is 0.888. The van der Waals surface area contributed by atoms with E-state index >= 15 is 0 Å². The van der Waals surface area contributed by atoms with E-state index in [2.05, 4.69) is 46.2 Å². The molecule has 3 heterocycles. The quantitative estimate of drug-likeness (QED) is 0.367. The highest BCUT2D eigenvalue weighted by Crippen LogP contribution is 2.62. The predicted octanol–water partition coefficient (Wildman–Crippen LogP) is 2.85. The summed E-state index contributed by atoms with van der Waals surface area (Å²) in [7, 11) is 0. The first-order chi connectivity index (χ1) is 13.6. The van der Waals surface area contributed by atoms with Crippen LogP contribution in [-0.4, -0.2) is 52.1 Å². The van der Waals surface area contributed by atoms with Gasteiger partial charge in [-0.3, -0.25) is 4.99 Å². The zero-order valence-corrected chi connectivity index (χ0v) is 20.2. The van der Waals surface area contributed by atoms with Crippen LogP contribution in [0.2, 0.25) is 0 Å². The molecule has 0 bridgehead atoms. The maximum Gasteiger partial charge on any atom is 0.191 e. The molecule has 2 N–H and O–H groups in total. The van der Waals surface area contributed by atoms with E-state index in [0.29, 0.717) is 35.4 Å². The number of fused-ring (bicyclic) bond motifs is 3. The fourth-order valence-electron chi connectivity index (χ4n) is 5.98. The molecule has 8 heteroatoms. The zero-order valence-electron chi connectivity index (χ0n) is 17.9. The van der Waals surface area contributed by atoms with Gasteiger partial charge in [0.15, 0.2) is 5.96 Å². The molecule has 0 aromatic carbocycles. The second-order valence-corrected chi connectivity index (χ2v) is 9.40. The molecule has 4 atom stereocenters. The Hall–Kier alpha value is -0.900. The number of nitrogens with zero attached hydrogens (tertiary/aromatic N) is 4. The van der Waals surface area contributed by atoms with Crippen molar-refractivity contribution in [2.45, 2.75) is 89.9 Å². The number of ether oxygens (including phenoxy) is 1. The van der Waals surface area contributed by atoms with Crippen LogP contribution in [0.1, 0.15) is 70.4 Å². The van der Waals surface area contributed by atoms with Crippen LogP contribution in [0.4, 0.5) is 0 Å². The number of aliphatic imine (C=N–C) groups is 1. The number of rotatable bonds is 4. The van der Waals surface area contributed by atoms with Crippen LogP contribution in [0, 0.1) is 11.3 Å². The number of aryl methyl sites for hydroxylation is 1. The van der Waals surface area contributed by atoms with Gasteiger partial charge in [0.05, 0.1) is 6.10 Å². The molecule has 29 heavy (non-hydrogen) atoms. The van der Waals surface area contributed by atoms with E-state index in [9.17, 15) is 0 Å². The van der Waals surface area contributed by atoms with Gasteiger partial charge in [0.2, 0.25) is 0 Å². The second-order valence-electron chi connectivity index (χ2n) is 9.40. The molecule has 3 fully saturated rings. The van der Waals surface area contributed by atoms with E-state index in [1.54, 1.807) is 0 Å². The van der Waals surface area contributed by atoms with Crippen LogP contribution in [0.5, 0.6) is 0 Å². The Bertz CT molecular complexity index is 758. The van der Waals surface area contributed by atoms with E-state index in [4.69, 9.17) is 9.73 Å². The molecule has 1 aromatic heterocycles. The van der Waals surface area contributed by atoms with Gasteiger partial charge in [-0.2, -0.15) is 0 Å². The smallest absolute Gasteiger partial charge is 0.191 e. The molecule has 0 amide bonds. The lowest BCUT2D eigenvalue weighted by Crippen LogP contribution is -2.72. The number of hydrogen-bond donors (Lipinski definition) is 2. The topological polar surface area (TPSA) is 76.4 Å². The standard InChI is InChI=1S/C21H34N6O.HI/c1-4-22-20(24-17-15-8-11-28-18(15)21(17)9-5-10-21)23-14-6-7-16-25-26-19(13(2)3)27(16)12-14;/h13-15,17-18H,4-12H2,1-3H3,(H2,22,23,24);1H. The van der Waals surface area contributed by atoms with E-state index in [0.717, 1.165) is 50.1 Å². The second kappa shape index (κ2) is 8.32. The first-order valence-corrected chi connectivity index (χ1v) is 11.2. The average Bonchev–Trinajstić information content (AvgIpc) is 3.23. The van der Waals surface area contributed by atoms with Crippen LogP contribution in [0.15, 0.2) is 4.99 Å². The van der Waals surface area contributed by atoms with Crippen LogP contribution in [0.25, 0.3) is 0 Å². The number of halogens is 1. The molecular weight excluding hydrogens is 479 g/mol. The molecule has 4 unspecified atom stereocenters. The normalized spacial score (nSPS) is 32.1. The van der Waals surface area contributed by atoms with Crippen molar-refractivity contribution in [3.05, 3.63) is 11.6 Å². The van der Waals surface area contributed by atoms with Gasteiger partial charge >= 0.3 is 0 Å². The lowest BCUT2D eigenvalue weighted by Gasteiger charge is -2.63. The first-order valence-electron chi connectivity index (χ1n) is 11.2. The Morgan fingerprint density at radius 1 is 1.28 bits per heavy atom. The Balaban J connectivity index is 0.00000205. The maximum atomic E-state index is 6.08. The number of nitrogens with one attached hydrogen (secondary N) is 2. The highest BCUT2D eigenvalue weighted by atomic mass is 127. The molecule has 2 aliphatic heterocycles. The van der Waals surface area contributed by atoms with Crippen molar-refractivity contribution >= 4 is 29.9 Å². The summed E-state index contributed by atoms with van der Waals surface area (Å²) in [5.41, 5.74) is 0.371. The molecule has 1 saturated heterocycles. The molecule has 4 aliphatic rings. The van der Waals surface area contributed by atoms with Crippen molar-refractivity contribution in [1.29, 1.82) is 0 Å². The predicted molar refractivity (Wildman–Crippen MR) is 124 cm³/mol. The molecular formula is C21H35IN6O. The third kappa shape index (κ3) is 3.47. The molecule has 7 nitrogen and oxygen atoms in total. The summed E-state index contributed by atoms with van der Waals surface area (Å²) in [5, 5.41) is 16.4. The van der Waals surface area contributed by atoms with Crippen molar-refractivity contribution in [1.82, 2.24) is 25.4 Å². The largest absolute Gasteiger partial charge is 0.377 e. The van der Waals surface area contributed by atoms with Crippen molar-refractivity contribution in [2.24, 2.45) is 16.3 Å². The molecule has 0 radical (unpaired) electrons. The third-order valence-corrected chi connectivity index (χ3v) is 7.48. The van der Waals surface area contributed by atoms with Crippen molar-refractivity contribution in [3.8, 4) is 0 Å². The van der Waals surface area contributed by atoms with Gasteiger partial charge in [-0.1, -0.05) is 20.3 Å². The summed E-state index contributed by atoms with van der Waals surface area (Å²) >= 11 is 0. The van der Waals surface area contributed by atoms with E-state index in [1.165, 1.54) is 25.7 Å². The van der Waals surface area contributed by atoms with Gasteiger partial charge in [0.1, 0.15) is 11.6 Å². The van der Waals surface area contributed by atoms with Gasteiger partial charge in [-0.25, -0.2) is 0 Å². The molecule has 2 aliphatic carbocycles. The molecule has 5 rings (SSSR count). The summed E-state index contributed by atoms with van der Waals surface area (Å²) in [5.74, 6) is 4.27. The molecule has 1 aromatic rings. The van der Waals surface area contributed by atoms with Crippen LogP contribution < -0.4 is 10.6 Å². The van der Waals surface area contributed by atoms with E-state index in [-0.39, 0.29) is 24.0 Å². The fraction of sp³-hybridized carbons (Fsp3) is 0.857. The lowest BCUT2D eigenvalue weighted by atomic mass is 9.46. The van der Waals surface area contributed by atoms with Gasteiger partial charge < -0.3 is 19.9 Å². The van der Waals surface area contributed by atoms with Crippen LogP contribution >= 0.6 is 24.0 Å². The third-order valence-electron chi connectivity index (χ3n) is 7.48. The van der Waals surface area contributed by atoms with Gasteiger partial charge in [0.25, 0.3) is 0 Å². The average molecular weight is 514 g/mol. The summed E-state index contributed by atoms with van der Waals surface area (Å²) in [4.78, 5) is 4.79. The van der Waals surface area contributed by atoms with Crippen LogP contribution in [0.3, 0.4) is 0 Å². The Labute approximate surface area is 190 Å². The minimum Gasteiger partial charge on any atom is -0.377 e. The maximum absolute atomic E-state index is 6.08. The van der Waals surface area contributed by atoms with Crippen molar-refractivity contribution in [2.75, 3.05) is 13.2 Å². The van der Waals surface area contributed by atoms with Crippen molar-refractivity contribution in [3.63, 3.8) is 0 Å². The van der Waals surface area contributed by atoms with Crippen molar-refractivity contribution < 1.29 is 4.74 Å². The Morgan fingerprint density at radius 3 is 2.79 bits per heavy atom.